The van der Waals surface area contributed by atoms with Gasteiger partial charge in [-0.1, -0.05) is 32.9 Å². The summed E-state index contributed by atoms with van der Waals surface area (Å²) in [6.07, 6.45) is 0. The molecule has 3 rings (SSSR count). The van der Waals surface area contributed by atoms with Gasteiger partial charge in [-0.15, -0.1) is 10.2 Å². The number of aromatic nitrogens is 2. The minimum absolute atomic E-state index is 0.0611. The highest BCUT2D eigenvalue weighted by Crippen LogP contribution is 2.29. The third-order valence-electron chi connectivity index (χ3n) is 3.41. The Hall–Kier alpha value is -2.96. The van der Waals surface area contributed by atoms with Crippen molar-refractivity contribution in [3.8, 4) is 23.1 Å². The van der Waals surface area contributed by atoms with Crippen molar-refractivity contribution in [1.82, 2.24) is 10.2 Å². The highest BCUT2D eigenvalue weighted by Gasteiger charge is 2.19. The van der Waals surface area contributed by atoms with E-state index in [-0.39, 0.29) is 23.0 Å². The molecule has 0 aliphatic heterocycles. The van der Waals surface area contributed by atoms with Crippen molar-refractivity contribution < 1.29 is 13.8 Å². The molecule has 0 atom stereocenters. The van der Waals surface area contributed by atoms with E-state index in [1.54, 1.807) is 0 Å². The van der Waals surface area contributed by atoms with Crippen molar-refractivity contribution in [3.05, 3.63) is 52.1 Å². The van der Waals surface area contributed by atoms with Gasteiger partial charge in [-0.05, 0) is 29.2 Å². The molecule has 0 spiro atoms. The molecule has 1 aromatic carbocycles. The molecule has 2 heterocycles. The predicted octanol–water partition coefficient (Wildman–Crippen LogP) is 4.20. The minimum Gasteiger partial charge on any atom is -0.413 e. The Bertz CT molecular complexity index is 841. The van der Waals surface area contributed by atoms with Crippen LogP contribution in [0.1, 0.15) is 26.3 Å². The lowest BCUT2D eigenvalue weighted by Gasteiger charge is -2.18. The van der Waals surface area contributed by atoms with Crippen LogP contribution in [0.5, 0.6) is 0 Å². The van der Waals surface area contributed by atoms with Crippen LogP contribution in [0.25, 0.3) is 23.1 Å². The summed E-state index contributed by atoms with van der Waals surface area (Å²) in [5, 5.41) is 18.5. The van der Waals surface area contributed by atoms with Crippen LogP contribution in [0.4, 0.5) is 5.88 Å². The first kappa shape index (κ1) is 15.0. The lowest BCUT2D eigenvalue weighted by atomic mass is 9.87. The minimum atomic E-state index is -0.619. The number of benzene rings is 1. The lowest BCUT2D eigenvalue weighted by molar-refractivity contribution is -0.401. The second-order valence-electron chi connectivity index (χ2n) is 6.13. The molecule has 0 bridgehead atoms. The van der Waals surface area contributed by atoms with Crippen LogP contribution in [-0.2, 0) is 5.41 Å². The normalized spacial score (nSPS) is 11.6. The number of hydrogen-bond donors (Lipinski definition) is 0. The molecule has 0 aliphatic carbocycles. The van der Waals surface area contributed by atoms with Crippen molar-refractivity contribution in [2.24, 2.45) is 0 Å². The highest BCUT2D eigenvalue weighted by molar-refractivity contribution is 5.56. The number of hydrogen-bond acceptors (Lipinski definition) is 6. The lowest BCUT2D eigenvalue weighted by Crippen LogP contribution is -2.10. The van der Waals surface area contributed by atoms with E-state index >= 15 is 0 Å². The molecule has 0 unspecified atom stereocenters. The molecule has 0 saturated heterocycles. The zero-order valence-electron chi connectivity index (χ0n) is 12.9. The molecule has 0 aliphatic rings. The SMILES string of the molecule is CC(C)(C)c1ccc(-c2nnc(-c3ccc([N+](=O)[O-])o3)o2)cc1. The van der Waals surface area contributed by atoms with Gasteiger partial charge in [0, 0.05) is 5.56 Å². The zero-order chi connectivity index (χ0) is 16.6. The second-order valence-corrected chi connectivity index (χ2v) is 6.13. The largest absolute Gasteiger partial charge is 0.433 e. The molecular weight excluding hydrogens is 298 g/mol. The third kappa shape index (κ3) is 2.98. The Morgan fingerprint density at radius 1 is 0.957 bits per heavy atom. The molecule has 7 nitrogen and oxygen atoms in total. The summed E-state index contributed by atoms with van der Waals surface area (Å²) in [5.74, 6) is 0.239. The fourth-order valence-corrected chi connectivity index (χ4v) is 2.09. The molecule has 3 aromatic rings. The third-order valence-corrected chi connectivity index (χ3v) is 3.41. The van der Waals surface area contributed by atoms with Crippen LogP contribution in [0.2, 0.25) is 0 Å². The summed E-state index contributed by atoms with van der Waals surface area (Å²) in [7, 11) is 0. The maximum atomic E-state index is 10.6. The van der Waals surface area contributed by atoms with E-state index in [1.165, 1.54) is 17.7 Å². The van der Waals surface area contributed by atoms with Gasteiger partial charge in [0.2, 0.25) is 5.89 Å². The van der Waals surface area contributed by atoms with E-state index in [9.17, 15) is 10.1 Å². The molecule has 7 heteroatoms. The average Bonchev–Trinajstić information content (AvgIpc) is 3.15. The Kier molecular flexibility index (Phi) is 3.48. The molecule has 2 aromatic heterocycles. The zero-order valence-corrected chi connectivity index (χ0v) is 12.9. The van der Waals surface area contributed by atoms with Gasteiger partial charge in [0.25, 0.3) is 5.89 Å². The predicted molar refractivity (Wildman–Crippen MR) is 82.8 cm³/mol. The van der Waals surface area contributed by atoms with E-state index in [0.29, 0.717) is 5.89 Å². The molecule has 0 saturated carbocycles. The van der Waals surface area contributed by atoms with Crippen molar-refractivity contribution in [2.45, 2.75) is 26.2 Å². The summed E-state index contributed by atoms with van der Waals surface area (Å²) < 4.78 is 10.6. The fraction of sp³-hybridized carbons (Fsp3) is 0.250. The van der Waals surface area contributed by atoms with Gasteiger partial charge in [-0.25, -0.2) is 0 Å². The molecule has 118 valence electrons. The van der Waals surface area contributed by atoms with E-state index in [4.69, 9.17) is 8.83 Å². The topological polar surface area (TPSA) is 95.2 Å². The van der Waals surface area contributed by atoms with E-state index in [2.05, 4.69) is 31.0 Å². The van der Waals surface area contributed by atoms with Crippen molar-refractivity contribution in [3.63, 3.8) is 0 Å². The monoisotopic (exact) mass is 313 g/mol. The standard InChI is InChI=1S/C16H15N3O4/c1-16(2,3)11-6-4-10(5-7-11)14-17-18-15(23-14)12-8-9-13(22-12)19(20)21/h4-9H,1-3H3. The maximum Gasteiger partial charge on any atom is 0.433 e. The average molecular weight is 313 g/mol. The van der Waals surface area contributed by atoms with Crippen LogP contribution < -0.4 is 0 Å². The Morgan fingerprint density at radius 2 is 1.61 bits per heavy atom. The van der Waals surface area contributed by atoms with Crippen LogP contribution in [0, 0.1) is 10.1 Å². The summed E-state index contributed by atoms with van der Waals surface area (Å²) in [6.45, 7) is 6.41. The van der Waals surface area contributed by atoms with Gasteiger partial charge >= 0.3 is 5.88 Å². The van der Waals surface area contributed by atoms with Crippen LogP contribution >= 0.6 is 0 Å². The summed E-state index contributed by atoms with van der Waals surface area (Å²) in [5.41, 5.74) is 2.03. The molecular formula is C16H15N3O4. The smallest absolute Gasteiger partial charge is 0.413 e. The van der Waals surface area contributed by atoms with Crippen LogP contribution in [-0.4, -0.2) is 15.1 Å². The highest BCUT2D eigenvalue weighted by atomic mass is 16.6. The second kappa shape index (κ2) is 5.35. The van der Waals surface area contributed by atoms with Crippen LogP contribution in [0.3, 0.4) is 0 Å². The fourth-order valence-electron chi connectivity index (χ4n) is 2.09. The summed E-state index contributed by atoms with van der Waals surface area (Å²) in [4.78, 5) is 10.0. The first-order valence-corrected chi connectivity index (χ1v) is 7.03. The van der Waals surface area contributed by atoms with Gasteiger partial charge in [0.15, 0.2) is 5.76 Å². The van der Waals surface area contributed by atoms with Gasteiger partial charge in [-0.3, -0.25) is 10.1 Å². The quantitative estimate of drug-likeness (QED) is 0.531. The van der Waals surface area contributed by atoms with E-state index < -0.39 is 4.92 Å². The Balaban J connectivity index is 1.88. The molecule has 0 radical (unpaired) electrons. The molecule has 0 amide bonds. The number of nitro groups is 1. The van der Waals surface area contributed by atoms with E-state index in [0.717, 1.165) is 5.56 Å². The Labute approximate surface area is 132 Å². The van der Waals surface area contributed by atoms with Gasteiger partial charge in [0.05, 0.1) is 6.07 Å². The van der Waals surface area contributed by atoms with Crippen molar-refractivity contribution in [2.75, 3.05) is 0 Å². The van der Waals surface area contributed by atoms with Crippen molar-refractivity contribution in [1.29, 1.82) is 0 Å². The first-order chi connectivity index (χ1) is 10.8. The van der Waals surface area contributed by atoms with Gasteiger partial charge in [0.1, 0.15) is 4.92 Å². The van der Waals surface area contributed by atoms with Gasteiger partial charge in [-0.2, -0.15) is 0 Å². The summed E-state index contributed by atoms with van der Waals surface area (Å²) >= 11 is 0. The number of furan rings is 1. The molecule has 0 N–H and O–H groups in total. The number of nitrogens with zero attached hydrogens (tertiary/aromatic N) is 3. The van der Waals surface area contributed by atoms with E-state index in [1.807, 2.05) is 24.3 Å². The Morgan fingerprint density at radius 3 is 2.17 bits per heavy atom. The molecule has 23 heavy (non-hydrogen) atoms. The number of rotatable bonds is 3. The first-order valence-electron chi connectivity index (χ1n) is 7.03. The molecule has 0 fully saturated rings. The maximum absolute atomic E-state index is 10.6. The van der Waals surface area contributed by atoms with Gasteiger partial charge < -0.3 is 8.83 Å². The van der Waals surface area contributed by atoms with Crippen molar-refractivity contribution >= 4 is 5.88 Å². The summed E-state index contributed by atoms with van der Waals surface area (Å²) in [6, 6.07) is 10.5. The van der Waals surface area contributed by atoms with Crippen LogP contribution in [0.15, 0.2) is 45.2 Å².